The molecule has 0 aromatic heterocycles. The number of nitrogens with zero attached hydrogens (tertiary/aromatic N) is 1. The van der Waals surface area contributed by atoms with E-state index in [0.29, 0.717) is 6.04 Å². The van der Waals surface area contributed by atoms with Crippen LogP contribution in [-0.2, 0) is 0 Å². The predicted molar refractivity (Wildman–Crippen MR) is 89.3 cm³/mol. The zero-order valence-corrected chi connectivity index (χ0v) is 14.1. The lowest BCUT2D eigenvalue weighted by Crippen LogP contribution is -2.48. The molecule has 0 saturated carbocycles. The maximum Gasteiger partial charge on any atom is 0.123 e. The van der Waals surface area contributed by atoms with Gasteiger partial charge in [0.25, 0.3) is 0 Å². The molecule has 3 rings (SSSR count). The van der Waals surface area contributed by atoms with Gasteiger partial charge in [-0.2, -0.15) is 0 Å². The largest absolute Gasteiger partial charge is 0.307 e. The van der Waals surface area contributed by atoms with Crippen molar-refractivity contribution in [3.8, 4) is 0 Å². The first-order chi connectivity index (χ1) is 10.4. The summed E-state index contributed by atoms with van der Waals surface area (Å²) in [6.07, 6.45) is 5.20. The number of benzene rings is 1. The first-order valence-corrected chi connectivity index (χ1v) is 8.69. The summed E-state index contributed by atoms with van der Waals surface area (Å²) >= 11 is 0. The van der Waals surface area contributed by atoms with E-state index in [4.69, 9.17) is 0 Å². The van der Waals surface area contributed by atoms with Crippen LogP contribution in [0.15, 0.2) is 24.3 Å². The predicted octanol–water partition coefficient (Wildman–Crippen LogP) is 4.13. The van der Waals surface area contributed by atoms with Gasteiger partial charge in [0.05, 0.1) is 0 Å². The SMILES string of the molecule is CC(C)(C)[C@H](N[C@H]1CCN2CCC[C@@H]2C1)c1ccc(F)cc1. The number of hydrogen-bond donors (Lipinski definition) is 1. The molecule has 122 valence electrons. The Morgan fingerprint density at radius 2 is 1.86 bits per heavy atom. The highest BCUT2D eigenvalue weighted by Gasteiger charge is 2.35. The smallest absolute Gasteiger partial charge is 0.123 e. The third kappa shape index (κ3) is 3.52. The highest BCUT2D eigenvalue weighted by Crippen LogP contribution is 2.35. The molecule has 1 aromatic carbocycles. The van der Waals surface area contributed by atoms with E-state index in [2.05, 4.69) is 31.0 Å². The fraction of sp³-hybridized carbons (Fsp3) is 0.684. The topological polar surface area (TPSA) is 15.3 Å². The van der Waals surface area contributed by atoms with Crippen LogP contribution in [0, 0.1) is 11.2 Å². The second-order valence-corrected chi connectivity index (χ2v) is 8.07. The van der Waals surface area contributed by atoms with Crippen LogP contribution in [0.3, 0.4) is 0 Å². The summed E-state index contributed by atoms with van der Waals surface area (Å²) in [5.74, 6) is -0.157. The molecule has 0 bridgehead atoms. The van der Waals surface area contributed by atoms with E-state index in [0.717, 1.165) is 6.04 Å². The van der Waals surface area contributed by atoms with Gasteiger partial charge in [-0.25, -0.2) is 4.39 Å². The standard InChI is InChI=1S/C19H29FN2/c1-19(2,3)18(14-6-8-15(20)9-7-14)21-16-10-12-22-11-4-5-17(22)13-16/h6-9,16-18,21H,4-5,10-13H2,1-3H3/t16-,17+,18+/m0/s1. The quantitative estimate of drug-likeness (QED) is 0.903. The minimum atomic E-state index is -0.157. The Morgan fingerprint density at radius 1 is 1.14 bits per heavy atom. The Balaban J connectivity index is 1.72. The Labute approximate surface area is 134 Å². The summed E-state index contributed by atoms with van der Waals surface area (Å²) in [5, 5.41) is 3.90. The van der Waals surface area contributed by atoms with Crippen LogP contribution in [0.4, 0.5) is 4.39 Å². The monoisotopic (exact) mass is 304 g/mol. The van der Waals surface area contributed by atoms with E-state index >= 15 is 0 Å². The molecule has 3 heteroatoms. The lowest BCUT2D eigenvalue weighted by Gasteiger charge is -2.40. The summed E-state index contributed by atoms with van der Waals surface area (Å²) < 4.78 is 13.2. The number of fused-ring (bicyclic) bond motifs is 1. The number of halogens is 1. The molecule has 2 nitrogen and oxygen atoms in total. The van der Waals surface area contributed by atoms with Crippen LogP contribution in [0.5, 0.6) is 0 Å². The molecule has 2 heterocycles. The summed E-state index contributed by atoms with van der Waals surface area (Å²) in [5.41, 5.74) is 1.31. The van der Waals surface area contributed by atoms with Crippen LogP contribution >= 0.6 is 0 Å². The van der Waals surface area contributed by atoms with Crippen molar-refractivity contribution in [3.05, 3.63) is 35.6 Å². The lowest BCUT2D eigenvalue weighted by molar-refractivity contribution is 0.143. The summed E-state index contributed by atoms with van der Waals surface area (Å²) in [7, 11) is 0. The van der Waals surface area contributed by atoms with E-state index in [-0.39, 0.29) is 17.3 Å². The molecule has 3 atom stereocenters. The van der Waals surface area contributed by atoms with Crippen LogP contribution in [-0.4, -0.2) is 30.1 Å². The van der Waals surface area contributed by atoms with Gasteiger partial charge in [0, 0.05) is 18.1 Å². The van der Waals surface area contributed by atoms with E-state index in [9.17, 15) is 4.39 Å². The van der Waals surface area contributed by atoms with Crippen molar-refractivity contribution in [1.82, 2.24) is 10.2 Å². The summed E-state index contributed by atoms with van der Waals surface area (Å²) in [6, 6.07) is 8.65. The van der Waals surface area contributed by atoms with Gasteiger partial charge in [0.15, 0.2) is 0 Å². The first kappa shape index (κ1) is 15.9. The molecule has 2 saturated heterocycles. The molecule has 0 spiro atoms. The highest BCUT2D eigenvalue weighted by molar-refractivity contribution is 5.22. The number of piperidine rings is 1. The Hall–Kier alpha value is -0.930. The van der Waals surface area contributed by atoms with Crippen LogP contribution in [0.2, 0.25) is 0 Å². The van der Waals surface area contributed by atoms with Crippen molar-refractivity contribution in [2.45, 2.75) is 64.6 Å². The third-order valence-electron chi connectivity index (χ3n) is 5.29. The molecule has 0 amide bonds. The minimum Gasteiger partial charge on any atom is -0.307 e. The summed E-state index contributed by atoms with van der Waals surface area (Å²) in [6.45, 7) is 9.30. The van der Waals surface area contributed by atoms with E-state index < -0.39 is 0 Å². The molecule has 0 aliphatic carbocycles. The molecule has 1 N–H and O–H groups in total. The van der Waals surface area contributed by atoms with E-state index in [1.807, 2.05) is 12.1 Å². The van der Waals surface area contributed by atoms with Crippen molar-refractivity contribution in [2.24, 2.45) is 5.41 Å². The van der Waals surface area contributed by atoms with Crippen molar-refractivity contribution in [1.29, 1.82) is 0 Å². The molecule has 0 radical (unpaired) electrons. The normalized spacial score (nSPS) is 27.6. The molecule has 0 unspecified atom stereocenters. The second kappa shape index (κ2) is 6.29. The average molecular weight is 304 g/mol. The Bertz CT molecular complexity index is 491. The van der Waals surface area contributed by atoms with Gasteiger partial charge in [0.1, 0.15) is 5.82 Å². The molecule has 2 aliphatic rings. The van der Waals surface area contributed by atoms with Crippen LogP contribution in [0.25, 0.3) is 0 Å². The van der Waals surface area contributed by atoms with Crippen molar-refractivity contribution in [3.63, 3.8) is 0 Å². The molecule has 2 aliphatic heterocycles. The van der Waals surface area contributed by atoms with Crippen molar-refractivity contribution < 1.29 is 4.39 Å². The zero-order valence-electron chi connectivity index (χ0n) is 14.1. The molecule has 22 heavy (non-hydrogen) atoms. The minimum absolute atomic E-state index is 0.116. The lowest BCUT2D eigenvalue weighted by atomic mass is 9.81. The summed E-state index contributed by atoms with van der Waals surface area (Å²) in [4.78, 5) is 2.65. The van der Waals surface area contributed by atoms with Gasteiger partial charge in [0.2, 0.25) is 0 Å². The van der Waals surface area contributed by atoms with E-state index in [1.165, 1.54) is 44.3 Å². The van der Waals surface area contributed by atoms with Gasteiger partial charge in [-0.1, -0.05) is 32.9 Å². The maximum absolute atomic E-state index is 13.2. The zero-order chi connectivity index (χ0) is 15.7. The second-order valence-electron chi connectivity index (χ2n) is 8.07. The molecule has 2 fully saturated rings. The van der Waals surface area contributed by atoms with E-state index in [1.54, 1.807) is 12.1 Å². The Kier molecular flexibility index (Phi) is 4.56. The molecule has 1 aromatic rings. The first-order valence-electron chi connectivity index (χ1n) is 8.69. The third-order valence-corrected chi connectivity index (χ3v) is 5.29. The van der Waals surface area contributed by atoms with Crippen molar-refractivity contribution in [2.75, 3.05) is 13.1 Å². The Morgan fingerprint density at radius 3 is 2.55 bits per heavy atom. The molecular formula is C19H29FN2. The van der Waals surface area contributed by atoms with Crippen LogP contribution < -0.4 is 5.32 Å². The van der Waals surface area contributed by atoms with Gasteiger partial charge in [-0.3, -0.25) is 0 Å². The van der Waals surface area contributed by atoms with Gasteiger partial charge < -0.3 is 10.2 Å². The van der Waals surface area contributed by atoms with Gasteiger partial charge in [-0.15, -0.1) is 0 Å². The van der Waals surface area contributed by atoms with Gasteiger partial charge >= 0.3 is 0 Å². The number of rotatable bonds is 3. The van der Waals surface area contributed by atoms with Crippen molar-refractivity contribution >= 4 is 0 Å². The molecular weight excluding hydrogens is 275 g/mol. The number of hydrogen-bond acceptors (Lipinski definition) is 2. The maximum atomic E-state index is 13.2. The fourth-order valence-corrected chi connectivity index (χ4v) is 4.11. The van der Waals surface area contributed by atoms with Gasteiger partial charge in [-0.05, 0) is 61.9 Å². The average Bonchev–Trinajstić information content (AvgIpc) is 2.92. The highest BCUT2D eigenvalue weighted by atomic mass is 19.1. The number of nitrogens with one attached hydrogen (secondary N) is 1. The fourth-order valence-electron chi connectivity index (χ4n) is 4.11. The van der Waals surface area contributed by atoms with Crippen LogP contribution in [0.1, 0.15) is 58.1 Å².